The summed E-state index contributed by atoms with van der Waals surface area (Å²) in [4.78, 5) is 14.3. The van der Waals surface area contributed by atoms with E-state index < -0.39 is 11.6 Å². The summed E-state index contributed by atoms with van der Waals surface area (Å²) in [6, 6.07) is 12.6. The second-order valence-corrected chi connectivity index (χ2v) is 8.12. The number of hydrogen-bond acceptors (Lipinski definition) is 3. The zero-order chi connectivity index (χ0) is 20.4. The third-order valence-corrected chi connectivity index (χ3v) is 6.46. The zero-order valence-electron chi connectivity index (χ0n) is 16.4. The second kappa shape index (κ2) is 8.59. The van der Waals surface area contributed by atoms with E-state index in [-0.39, 0.29) is 18.0 Å². The highest BCUT2D eigenvalue weighted by Crippen LogP contribution is 2.43. The second-order valence-electron chi connectivity index (χ2n) is 8.12. The molecule has 2 fully saturated rings. The molecule has 2 aromatic rings. The van der Waals surface area contributed by atoms with E-state index in [1.807, 2.05) is 24.3 Å². The molecule has 2 heterocycles. The number of hydrogen-bond donors (Lipinski definition) is 2. The van der Waals surface area contributed by atoms with Crippen molar-refractivity contribution in [3.05, 3.63) is 70.8 Å². The third kappa shape index (κ3) is 4.19. The Morgan fingerprint density at radius 3 is 2.34 bits per heavy atom. The molecule has 0 spiro atoms. The van der Waals surface area contributed by atoms with Gasteiger partial charge < -0.3 is 11.1 Å². The molecule has 4 nitrogen and oxygen atoms in total. The van der Waals surface area contributed by atoms with Gasteiger partial charge in [-0.15, -0.1) is 0 Å². The SMILES string of the molecule is NC(=O)c1ccccc1C1CC2CCC(C1)N2CCNCc1c(F)cccc1F. The van der Waals surface area contributed by atoms with Crippen molar-refractivity contribution in [2.45, 2.75) is 50.2 Å². The summed E-state index contributed by atoms with van der Waals surface area (Å²) in [6.07, 6.45) is 4.34. The standard InChI is InChI=1S/C23H27F2N3O/c24-21-6-3-7-22(25)20(21)14-27-10-11-28-16-8-9-17(28)13-15(12-16)18-4-1-2-5-19(18)23(26)29/h1-7,15-17,27H,8-14H2,(H2,26,29). The molecular formula is C23H27F2N3O. The molecule has 3 N–H and O–H groups in total. The summed E-state index contributed by atoms with van der Waals surface area (Å²) in [5.41, 5.74) is 7.38. The molecule has 0 saturated carbocycles. The summed E-state index contributed by atoms with van der Waals surface area (Å²) >= 11 is 0. The lowest BCUT2D eigenvalue weighted by Crippen LogP contribution is -2.45. The lowest BCUT2D eigenvalue weighted by Gasteiger charge is -2.39. The minimum absolute atomic E-state index is 0.0947. The Morgan fingerprint density at radius 1 is 1.03 bits per heavy atom. The fourth-order valence-corrected chi connectivity index (χ4v) is 5.09. The van der Waals surface area contributed by atoms with E-state index in [2.05, 4.69) is 10.2 Å². The van der Waals surface area contributed by atoms with Crippen molar-refractivity contribution in [2.24, 2.45) is 5.73 Å². The van der Waals surface area contributed by atoms with Gasteiger partial charge in [-0.1, -0.05) is 24.3 Å². The number of nitrogens with two attached hydrogens (primary N) is 1. The van der Waals surface area contributed by atoms with Crippen LogP contribution in [0.1, 0.15) is 53.1 Å². The lowest BCUT2D eigenvalue weighted by atomic mass is 9.82. The Hall–Kier alpha value is -2.31. The minimum Gasteiger partial charge on any atom is -0.366 e. The van der Waals surface area contributed by atoms with E-state index in [1.54, 1.807) is 0 Å². The van der Waals surface area contributed by atoms with Crippen LogP contribution < -0.4 is 11.1 Å². The monoisotopic (exact) mass is 399 g/mol. The van der Waals surface area contributed by atoms with Crippen molar-refractivity contribution in [2.75, 3.05) is 13.1 Å². The van der Waals surface area contributed by atoms with Gasteiger partial charge in [-0.05, 0) is 55.4 Å². The van der Waals surface area contributed by atoms with Gasteiger partial charge in [0.25, 0.3) is 0 Å². The number of nitrogens with one attached hydrogen (secondary N) is 1. The molecule has 154 valence electrons. The number of carbonyl (C=O) groups is 1. The molecular weight excluding hydrogens is 372 g/mol. The van der Waals surface area contributed by atoms with Gasteiger partial charge in [-0.3, -0.25) is 9.69 Å². The van der Waals surface area contributed by atoms with Crippen LogP contribution in [-0.2, 0) is 6.54 Å². The van der Waals surface area contributed by atoms with Crippen LogP contribution in [0.3, 0.4) is 0 Å². The van der Waals surface area contributed by atoms with Gasteiger partial charge in [0.1, 0.15) is 11.6 Å². The zero-order valence-corrected chi connectivity index (χ0v) is 16.4. The Bertz CT molecular complexity index is 854. The maximum absolute atomic E-state index is 13.7. The van der Waals surface area contributed by atoms with Crippen molar-refractivity contribution in [1.29, 1.82) is 0 Å². The first-order valence-electron chi connectivity index (χ1n) is 10.3. The van der Waals surface area contributed by atoms with Gasteiger partial charge in [-0.25, -0.2) is 8.78 Å². The maximum atomic E-state index is 13.7. The Morgan fingerprint density at radius 2 is 1.69 bits per heavy atom. The van der Waals surface area contributed by atoms with Crippen molar-refractivity contribution in [3.63, 3.8) is 0 Å². The average molecular weight is 399 g/mol. The number of amides is 1. The smallest absolute Gasteiger partial charge is 0.248 e. The third-order valence-electron chi connectivity index (χ3n) is 6.46. The molecule has 0 aromatic heterocycles. The molecule has 2 saturated heterocycles. The van der Waals surface area contributed by atoms with Crippen LogP contribution in [0.2, 0.25) is 0 Å². The van der Waals surface area contributed by atoms with Gasteiger partial charge in [-0.2, -0.15) is 0 Å². The number of halogens is 2. The molecule has 2 bridgehead atoms. The number of nitrogens with zero attached hydrogens (tertiary/aromatic N) is 1. The van der Waals surface area contributed by atoms with Crippen LogP contribution >= 0.6 is 0 Å². The van der Waals surface area contributed by atoms with Crippen LogP contribution in [-0.4, -0.2) is 36.0 Å². The van der Waals surface area contributed by atoms with Crippen LogP contribution in [0.25, 0.3) is 0 Å². The predicted octanol–water partition coefficient (Wildman–Crippen LogP) is 3.56. The molecule has 2 unspecified atom stereocenters. The Kier molecular flexibility index (Phi) is 5.92. The number of benzene rings is 2. The van der Waals surface area contributed by atoms with E-state index in [0.717, 1.165) is 37.8 Å². The van der Waals surface area contributed by atoms with E-state index in [9.17, 15) is 13.6 Å². The fraction of sp³-hybridized carbons (Fsp3) is 0.435. The highest BCUT2D eigenvalue weighted by molar-refractivity contribution is 5.94. The molecule has 1 amide bonds. The molecule has 6 heteroatoms. The van der Waals surface area contributed by atoms with Gasteiger partial charge >= 0.3 is 0 Å². The van der Waals surface area contributed by atoms with Crippen LogP contribution in [0.4, 0.5) is 8.78 Å². The normalized spacial score (nSPS) is 24.0. The minimum atomic E-state index is -0.508. The predicted molar refractivity (Wildman–Crippen MR) is 109 cm³/mol. The first-order valence-corrected chi connectivity index (χ1v) is 10.3. The molecule has 29 heavy (non-hydrogen) atoms. The first-order chi connectivity index (χ1) is 14.0. The molecule has 2 aliphatic heterocycles. The largest absolute Gasteiger partial charge is 0.366 e. The summed E-state index contributed by atoms with van der Waals surface area (Å²) in [5, 5.41) is 3.18. The number of primary amides is 1. The van der Waals surface area contributed by atoms with E-state index in [1.165, 1.54) is 18.2 Å². The molecule has 2 aliphatic rings. The molecule has 2 aromatic carbocycles. The lowest BCUT2D eigenvalue weighted by molar-refractivity contribution is 0.0994. The summed E-state index contributed by atoms with van der Waals surface area (Å²) in [7, 11) is 0. The molecule has 0 aliphatic carbocycles. The highest BCUT2D eigenvalue weighted by atomic mass is 19.1. The van der Waals surface area contributed by atoms with Crippen LogP contribution in [0, 0.1) is 11.6 Å². The molecule has 2 atom stereocenters. The number of rotatable bonds is 7. The number of fused-ring (bicyclic) bond motifs is 2. The maximum Gasteiger partial charge on any atom is 0.248 e. The summed E-state index contributed by atoms with van der Waals surface area (Å²) in [6.45, 7) is 1.73. The van der Waals surface area contributed by atoms with Gasteiger partial charge in [0.05, 0.1) is 0 Å². The first kappa shape index (κ1) is 20.0. The number of piperidine rings is 1. The number of carbonyl (C=O) groups excluding carboxylic acids is 1. The summed E-state index contributed by atoms with van der Waals surface area (Å²) < 4.78 is 27.5. The van der Waals surface area contributed by atoms with Crippen molar-refractivity contribution in [3.8, 4) is 0 Å². The molecule has 0 radical (unpaired) electrons. The molecule has 4 rings (SSSR count). The Labute approximate surface area is 170 Å². The highest BCUT2D eigenvalue weighted by Gasteiger charge is 2.41. The average Bonchev–Trinajstić information content (AvgIpc) is 2.94. The van der Waals surface area contributed by atoms with Crippen LogP contribution in [0.15, 0.2) is 42.5 Å². The van der Waals surface area contributed by atoms with Crippen LogP contribution in [0.5, 0.6) is 0 Å². The van der Waals surface area contributed by atoms with Crippen molar-refractivity contribution < 1.29 is 13.6 Å². The quantitative estimate of drug-likeness (QED) is 0.700. The van der Waals surface area contributed by atoms with Gasteiger partial charge in [0, 0.05) is 42.8 Å². The van der Waals surface area contributed by atoms with E-state index in [4.69, 9.17) is 5.73 Å². The summed E-state index contributed by atoms with van der Waals surface area (Å²) in [5.74, 6) is -1.02. The van der Waals surface area contributed by atoms with Gasteiger partial charge in [0.2, 0.25) is 5.91 Å². The topological polar surface area (TPSA) is 58.4 Å². The van der Waals surface area contributed by atoms with Gasteiger partial charge in [0.15, 0.2) is 0 Å². The Balaban J connectivity index is 1.34. The van der Waals surface area contributed by atoms with Crippen molar-refractivity contribution in [1.82, 2.24) is 10.2 Å². The van der Waals surface area contributed by atoms with E-state index in [0.29, 0.717) is 30.1 Å². The fourth-order valence-electron chi connectivity index (χ4n) is 5.09. The van der Waals surface area contributed by atoms with E-state index >= 15 is 0 Å². The van der Waals surface area contributed by atoms with Crippen molar-refractivity contribution >= 4 is 5.91 Å².